The van der Waals surface area contributed by atoms with E-state index in [0.29, 0.717) is 6.54 Å². The van der Waals surface area contributed by atoms with E-state index in [2.05, 4.69) is 11.8 Å². The lowest BCUT2D eigenvalue weighted by molar-refractivity contribution is -0.166. The number of methoxy groups -OCH3 is 1. The second kappa shape index (κ2) is 8.21. The number of hydrogen-bond acceptors (Lipinski definition) is 4. The number of rotatable bonds is 3. The van der Waals surface area contributed by atoms with Crippen molar-refractivity contribution in [2.24, 2.45) is 0 Å². The highest BCUT2D eigenvalue weighted by atomic mass is 16.5. The van der Waals surface area contributed by atoms with Gasteiger partial charge in [0.15, 0.2) is 0 Å². The predicted molar refractivity (Wildman–Crippen MR) is 112 cm³/mol. The Morgan fingerprint density at radius 3 is 2.23 bits per heavy atom. The summed E-state index contributed by atoms with van der Waals surface area (Å²) in [5.41, 5.74) is 2.83. The van der Waals surface area contributed by atoms with Gasteiger partial charge in [-0.25, -0.2) is 0 Å². The molecule has 2 fully saturated rings. The molecule has 30 heavy (non-hydrogen) atoms. The van der Waals surface area contributed by atoms with E-state index in [1.165, 1.54) is 6.92 Å². The molecule has 0 unspecified atom stereocenters. The molecule has 6 nitrogen and oxygen atoms in total. The number of benzene rings is 2. The Morgan fingerprint density at radius 2 is 1.70 bits per heavy atom. The van der Waals surface area contributed by atoms with Gasteiger partial charge in [-0.2, -0.15) is 0 Å². The molecule has 1 N–H and O–H groups in total. The van der Waals surface area contributed by atoms with Gasteiger partial charge in [-0.3, -0.25) is 9.59 Å². The van der Waals surface area contributed by atoms with Crippen LogP contribution < -0.4 is 4.74 Å². The van der Waals surface area contributed by atoms with Crippen LogP contribution in [0, 0.1) is 11.8 Å². The molecule has 2 amide bonds. The van der Waals surface area contributed by atoms with E-state index < -0.39 is 0 Å². The van der Waals surface area contributed by atoms with Crippen LogP contribution in [0.3, 0.4) is 0 Å². The van der Waals surface area contributed by atoms with Gasteiger partial charge in [-0.1, -0.05) is 24.0 Å². The summed E-state index contributed by atoms with van der Waals surface area (Å²) in [6.45, 7) is 1.98. The van der Waals surface area contributed by atoms with Crippen molar-refractivity contribution in [2.45, 2.75) is 24.9 Å². The molecule has 2 aliphatic heterocycles. The van der Waals surface area contributed by atoms with Gasteiger partial charge in [-0.05, 0) is 42.0 Å². The van der Waals surface area contributed by atoms with Gasteiger partial charge in [0.2, 0.25) is 11.8 Å². The molecule has 0 saturated carbocycles. The standard InChI is InChI=1S/C24H24N2O4/c1-16(28)25-13-21-24(22(15-27)26(21)23(29)14-25)19-9-5-17(6-10-19)3-4-18-7-11-20(30-2)12-8-18/h5-12,21-22,24,27H,13-15H2,1-2H3/t21-,22+,24+/m0/s1. The highest BCUT2D eigenvalue weighted by Gasteiger charge is 2.54. The zero-order chi connectivity index (χ0) is 21.3. The molecule has 2 saturated heterocycles. The first-order valence-electron chi connectivity index (χ1n) is 9.95. The van der Waals surface area contributed by atoms with Crippen LogP contribution in [0.15, 0.2) is 48.5 Å². The third-order valence-electron chi connectivity index (χ3n) is 5.93. The van der Waals surface area contributed by atoms with Crippen LogP contribution in [0.5, 0.6) is 5.75 Å². The summed E-state index contributed by atoms with van der Waals surface area (Å²) >= 11 is 0. The number of fused-ring (bicyclic) bond motifs is 1. The van der Waals surface area contributed by atoms with Gasteiger partial charge in [-0.15, -0.1) is 0 Å². The lowest BCUT2D eigenvalue weighted by atomic mass is 9.73. The first-order chi connectivity index (χ1) is 14.5. The van der Waals surface area contributed by atoms with Crippen molar-refractivity contribution in [3.63, 3.8) is 0 Å². The molecule has 0 aliphatic carbocycles. The summed E-state index contributed by atoms with van der Waals surface area (Å²) in [7, 11) is 1.63. The van der Waals surface area contributed by atoms with E-state index in [0.717, 1.165) is 22.4 Å². The summed E-state index contributed by atoms with van der Waals surface area (Å²) in [5.74, 6) is 6.89. The first-order valence-corrected chi connectivity index (χ1v) is 9.95. The normalized spacial score (nSPS) is 22.5. The van der Waals surface area contributed by atoms with E-state index in [9.17, 15) is 14.7 Å². The number of ether oxygens (including phenoxy) is 1. The number of piperazine rings is 1. The number of aliphatic hydroxyl groups is 1. The van der Waals surface area contributed by atoms with Crippen LogP contribution in [0.4, 0.5) is 0 Å². The largest absolute Gasteiger partial charge is 0.497 e. The fraction of sp³-hybridized carbons (Fsp3) is 0.333. The van der Waals surface area contributed by atoms with Gasteiger partial charge >= 0.3 is 0 Å². The van der Waals surface area contributed by atoms with Gasteiger partial charge in [0.1, 0.15) is 5.75 Å². The van der Waals surface area contributed by atoms with Crippen molar-refractivity contribution in [1.82, 2.24) is 9.80 Å². The minimum absolute atomic E-state index is 0.00435. The van der Waals surface area contributed by atoms with E-state index >= 15 is 0 Å². The minimum atomic E-state index is -0.243. The van der Waals surface area contributed by atoms with E-state index in [1.54, 1.807) is 16.9 Å². The lowest BCUT2D eigenvalue weighted by Gasteiger charge is -2.58. The van der Waals surface area contributed by atoms with Crippen molar-refractivity contribution in [1.29, 1.82) is 0 Å². The number of aliphatic hydroxyl groups excluding tert-OH is 1. The monoisotopic (exact) mass is 404 g/mol. The van der Waals surface area contributed by atoms with Crippen molar-refractivity contribution < 1.29 is 19.4 Å². The summed E-state index contributed by atoms with van der Waals surface area (Å²) < 4.78 is 5.15. The topological polar surface area (TPSA) is 70.1 Å². The zero-order valence-corrected chi connectivity index (χ0v) is 17.0. The average Bonchev–Trinajstić information content (AvgIpc) is 2.74. The summed E-state index contributed by atoms with van der Waals surface area (Å²) in [4.78, 5) is 27.5. The third-order valence-corrected chi connectivity index (χ3v) is 5.93. The minimum Gasteiger partial charge on any atom is -0.497 e. The quantitative estimate of drug-likeness (QED) is 0.790. The van der Waals surface area contributed by atoms with Gasteiger partial charge in [0.25, 0.3) is 0 Å². The smallest absolute Gasteiger partial charge is 0.242 e. The summed E-state index contributed by atoms with van der Waals surface area (Å²) in [6, 6.07) is 15.1. The Morgan fingerprint density at radius 1 is 1.10 bits per heavy atom. The molecule has 0 aromatic heterocycles. The van der Waals surface area contributed by atoms with E-state index in [1.807, 2.05) is 48.5 Å². The number of nitrogens with zero attached hydrogens (tertiary/aromatic N) is 2. The summed E-state index contributed by atoms with van der Waals surface area (Å²) in [6.07, 6.45) is 0. The Labute approximate surface area is 176 Å². The Hall–Kier alpha value is -3.30. The summed E-state index contributed by atoms with van der Waals surface area (Å²) in [5, 5.41) is 9.85. The molecule has 2 heterocycles. The molecule has 6 heteroatoms. The Balaban J connectivity index is 1.51. The van der Waals surface area contributed by atoms with Gasteiger partial charge in [0.05, 0.1) is 32.3 Å². The van der Waals surface area contributed by atoms with Crippen LogP contribution in [0.25, 0.3) is 0 Å². The molecule has 4 rings (SSSR count). The molecule has 2 aromatic carbocycles. The molecular weight excluding hydrogens is 380 g/mol. The zero-order valence-electron chi connectivity index (χ0n) is 17.0. The number of carbonyl (C=O) groups excluding carboxylic acids is 2. The maximum Gasteiger partial charge on any atom is 0.242 e. The number of carbonyl (C=O) groups is 2. The maximum absolute atomic E-state index is 12.4. The molecule has 2 aromatic rings. The lowest BCUT2D eigenvalue weighted by Crippen LogP contribution is -2.73. The molecule has 2 aliphatic rings. The number of amides is 2. The van der Waals surface area contributed by atoms with Crippen molar-refractivity contribution in [2.75, 3.05) is 26.8 Å². The molecular formula is C24H24N2O4. The molecule has 3 atom stereocenters. The molecule has 0 bridgehead atoms. The van der Waals surface area contributed by atoms with Crippen molar-refractivity contribution >= 4 is 11.8 Å². The third kappa shape index (κ3) is 3.64. The predicted octanol–water partition coefficient (Wildman–Crippen LogP) is 1.61. The van der Waals surface area contributed by atoms with Crippen molar-refractivity contribution in [3.05, 3.63) is 65.2 Å². The molecule has 0 spiro atoms. The SMILES string of the molecule is COc1ccc(C#Cc2ccc([C@H]3[C@@H](CO)N4C(=O)CN(C(C)=O)C[C@@H]34)cc2)cc1. The van der Waals surface area contributed by atoms with Crippen molar-refractivity contribution in [3.8, 4) is 17.6 Å². The van der Waals surface area contributed by atoms with Gasteiger partial charge in [0, 0.05) is 30.5 Å². The van der Waals surface area contributed by atoms with Crippen LogP contribution in [-0.4, -0.2) is 65.6 Å². The van der Waals surface area contributed by atoms with Crippen LogP contribution in [0.2, 0.25) is 0 Å². The van der Waals surface area contributed by atoms with E-state index in [-0.39, 0.29) is 43.0 Å². The maximum atomic E-state index is 12.4. The fourth-order valence-corrected chi connectivity index (χ4v) is 4.35. The average molecular weight is 404 g/mol. The van der Waals surface area contributed by atoms with Crippen LogP contribution in [-0.2, 0) is 9.59 Å². The highest BCUT2D eigenvalue weighted by molar-refractivity contribution is 5.87. The first kappa shape index (κ1) is 20.0. The highest BCUT2D eigenvalue weighted by Crippen LogP contribution is 2.42. The molecule has 0 radical (unpaired) electrons. The fourth-order valence-electron chi connectivity index (χ4n) is 4.35. The number of hydrogen-bond donors (Lipinski definition) is 1. The Bertz CT molecular complexity index is 1000. The van der Waals surface area contributed by atoms with Crippen LogP contribution in [0.1, 0.15) is 29.5 Å². The molecule has 154 valence electrons. The second-order valence-corrected chi connectivity index (χ2v) is 7.64. The van der Waals surface area contributed by atoms with E-state index in [4.69, 9.17) is 4.74 Å². The van der Waals surface area contributed by atoms with Crippen LogP contribution >= 0.6 is 0 Å². The Kier molecular flexibility index (Phi) is 5.47. The second-order valence-electron chi connectivity index (χ2n) is 7.64. The van der Waals surface area contributed by atoms with Gasteiger partial charge < -0.3 is 19.6 Å².